The number of fused-ring (bicyclic) bond motifs is 2. The van der Waals surface area contributed by atoms with E-state index in [4.69, 9.17) is 5.73 Å². The summed E-state index contributed by atoms with van der Waals surface area (Å²) in [6, 6.07) is 8.00. The minimum atomic E-state index is 0.767. The van der Waals surface area contributed by atoms with Crippen LogP contribution in [-0.2, 0) is 13.0 Å². The molecule has 2 N–H and O–H groups in total. The van der Waals surface area contributed by atoms with Crippen molar-refractivity contribution in [3.63, 3.8) is 0 Å². The van der Waals surface area contributed by atoms with Crippen molar-refractivity contribution in [1.29, 1.82) is 0 Å². The highest BCUT2D eigenvalue weighted by Gasteiger charge is 2.39. The Bertz CT molecular complexity index is 499. The fourth-order valence-corrected chi connectivity index (χ4v) is 4.56. The maximum atomic E-state index is 6.20. The van der Waals surface area contributed by atoms with Gasteiger partial charge in [0, 0.05) is 37.4 Å². The third-order valence-corrected chi connectivity index (χ3v) is 5.63. The first kappa shape index (κ1) is 12.7. The Hall–Kier alpha value is -1.06. The molecule has 4 rings (SSSR count). The lowest BCUT2D eigenvalue weighted by Gasteiger charge is -2.40. The van der Waals surface area contributed by atoms with Crippen molar-refractivity contribution in [1.82, 2.24) is 9.80 Å². The minimum Gasteiger partial charge on any atom is -0.398 e. The second kappa shape index (κ2) is 5.05. The van der Waals surface area contributed by atoms with E-state index < -0.39 is 0 Å². The number of piperidine rings is 1. The lowest BCUT2D eigenvalue weighted by atomic mass is 9.93. The van der Waals surface area contributed by atoms with Crippen molar-refractivity contribution >= 4 is 5.69 Å². The van der Waals surface area contributed by atoms with Crippen molar-refractivity contribution in [2.75, 3.05) is 25.4 Å². The van der Waals surface area contributed by atoms with Crippen molar-refractivity contribution in [3.8, 4) is 0 Å². The largest absolute Gasteiger partial charge is 0.398 e. The lowest BCUT2D eigenvalue weighted by molar-refractivity contribution is 0.105. The number of anilines is 1. The number of nitrogens with zero attached hydrogens (tertiary/aromatic N) is 2. The molecule has 3 aliphatic rings. The molecule has 2 saturated heterocycles. The van der Waals surface area contributed by atoms with Crippen molar-refractivity contribution in [2.45, 2.75) is 50.7 Å². The third kappa shape index (κ3) is 2.04. The summed E-state index contributed by atoms with van der Waals surface area (Å²) in [6.45, 7) is 4.92. The molecule has 1 aromatic carbocycles. The van der Waals surface area contributed by atoms with Gasteiger partial charge in [-0.05, 0) is 49.4 Å². The van der Waals surface area contributed by atoms with Crippen molar-refractivity contribution in [2.24, 2.45) is 0 Å². The molecule has 0 spiro atoms. The van der Waals surface area contributed by atoms with Crippen LogP contribution in [0.1, 0.15) is 36.8 Å². The summed E-state index contributed by atoms with van der Waals surface area (Å²) >= 11 is 0. The third-order valence-electron chi connectivity index (χ3n) is 5.63. The highest BCUT2D eigenvalue weighted by molar-refractivity contribution is 5.51. The summed E-state index contributed by atoms with van der Waals surface area (Å²) in [5, 5.41) is 0. The smallest absolute Gasteiger partial charge is 0.0362 e. The molecule has 3 heterocycles. The Morgan fingerprint density at radius 2 is 1.85 bits per heavy atom. The summed E-state index contributed by atoms with van der Waals surface area (Å²) in [7, 11) is 0. The summed E-state index contributed by atoms with van der Waals surface area (Å²) < 4.78 is 0. The van der Waals surface area contributed by atoms with Crippen LogP contribution in [0.2, 0.25) is 0 Å². The van der Waals surface area contributed by atoms with Gasteiger partial charge in [0.1, 0.15) is 0 Å². The maximum absolute atomic E-state index is 6.20. The van der Waals surface area contributed by atoms with Gasteiger partial charge in [-0.25, -0.2) is 0 Å². The predicted octanol–water partition coefficient (Wildman–Crippen LogP) is 2.25. The van der Waals surface area contributed by atoms with E-state index in [1.807, 2.05) is 0 Å². The molecule has 0 aromatic heterocycles. The van der Waals surface area contributed by atoms with E-state index in [-0.39, 0.29) is 0 Å². The molecule has 2 atom stereocenters. The second-order valence-corrected chi connectivity index (χ2v) is 6.66. The molecule has 20 heavy (non-hydrogen) atoms. The molecule has 3 nitrogen and oxygen atoms in total. The molecule has 0 aliphatic carbocycles. The van der Waals surface area contributed by atoms with E-state index in [0.717, 1.165) is 24.3 Å². The SMILES string of the molecule is Nc1cccc2c1CN(C1CCN3CCCCC13)CC2. The molecule has 0 radical (unpaired) electrons. The molecule has 0 saturated carbocycles. The first-order chi connectivity index (χ1) is 9.83. The number of hydrogen-bond donors (Lipinski definition) is 1. The Labute approximate surface area is 121 Å². The van der Waals surface area contributed by atoms with E-state index in [0.29, 0.717) is 0 Å². The van der Waals surface area contributed by atoms with Gasteiger partial charge in [0.05, 0.1) is 0 Å². The lowest BCUT2D eigenvalue weighted by Crippen LogP contribution is -2.48. The topological polar surface area (TPSA) is 32.5 Å². The monoisotopic (exact) mass is 271 g/mol. The molecule has 2 fully saturated rings. The van der Waals surface area contributed by atoms with Crippen LogP contribution in [0.15, 0.2) is 18.2 Å². The van der Waals surface area contributed by atoms with Crippen LogP contribution >= 0.6 is 0 Å². The zero-order chi connectivity index (χ0) is 13.5. The number of benzene rings is 1. The summed E-state index contributed by atoms with van der Waals surface area (Å²) in [5.41, 5.74) is 10.1. The van der Waals surface area contributed by atoms with Crippen LogP contribution in [0, 0.1) is 0 Å². The van der Waals surface area contributed by atoms with Crippen LogP contribution < -0.4 is 5.73 Å². The Balaban J connectivity index is 1.55. The highest BCUT2D eigenvalue weighted by Crippen LogP contribution is 2.34. The Morgan fingerprint density at radius 1 is 0.950 bits per heavy atom. The molecule has 1 aromatic rings. The summed E-state index contributed by atoms with van der Waals surface area (Å²) in [6.07, 6.45) is 6.75. The molecule has 0 bridgehead atoms. The quantitative estimate of drug-likeness (QED) is 0.795. The van der Waals surface area contributed by atoms with Crippen LogP contribution in [0.4, 0.5) is 5.69 Å². The van der Waals surface area contributed by atoms with Gasteiger partial charge in [-0.2, -0.15) is 0 Å². The normalized spacial score (nSPS) is 31.0. The fourth-order valence-electron chi connectivity index (χ4n) is 4.56. The standard InChI is InChI=1S/C17H25N3/c18-15-5-3-4-13-7-10-20(12-14(13)15)17-8-11-19-9-2-1-6-16(17)19/h3-5,16-17H,1-2,6-12,18H2. The zero-order valence-electron chi connectivity index (χ0n) is 12.2. The van der Waals surface area contributed by atoms with E-state index in [9.17, 15) is 0 Å². The molecule has 3 aliphatic heterocycles. The van der Waals surface area contributed by atoms with Gasteiger partial charge in [-0.15, -0.1) is 0 Å². The van der Waals surface area contributed by atoms with Crippen LogP contribution in [0.25, 0.3) is 0 Å². The van der Waals surface area contributed by atoms with Gasteiger partial charge in [0.15, 0.2) is 0 Å². The van der Waals surface area contributed by atoms with E-state index in [1.165, 1.54) is 62.9 Å². The minimum absolute atomic E-state index is 0.767. The predicted molar refractivity (Wildman–Crippen MR) is 82.6 cm³/mol. The van der Waals surface area contributed by atoms with Gasteiger partial charge < -0.3 is 5.73 Å². The number of nitrogen functional groups attached to an aromatic ring is 1. The molecule has 3 heteroatoms. The van der Waals surface area contributed by atoms with Crippen LogP contribution in [-0.4, -0.2) is 41.5 Å². The molecular weight excluding hydrogens is 246 g/mol. The van der Waals surface area contributed by atoms with Gasteiger partial charge in [-0.3, -0.25) is 9.80 Å². The van der Waals surface area contributed by atoms with E-state index in [2.05, 4.69) is 28.0 Å². The molecule has 108 valence electrons. The van der Waals surface area contributed by atoms with Crippen molar-refractivity contribution in [3.05, 3.63) is 29.3 Å². The molecule has 0 amide bonds. The highest BCUT2D eigenvalue weighted by atomic mass is 15.3. The second-order valence-electron chi connectivity index (χ2n) is 6.66. The number of rotatable bonds is 1. The first-order valence-electron chi connectivity index (χ1n) is 8.17. The van der Waals surface area contributed by atoms with Crippen LogP contribution in [0.5, 0.6) is 0 Å². The molecular formula is C17H25N3. The van der Waals surface area contributed by atoms with Crippen LogP contribution in [0.3, 0.4) is 0 Å². The molecule has 2 unspecified atom stereocenters. The number of nitrogens with two attached hydrogens (primary N) is 1. The van der Waals surface area contributed by atoms with E-state index in [1.54, 1.807) is 0 Å². The fraction of sp³-hybridized carbons (Fsp3) is 0.647. The van der Waals surface area contributed by atoms with Gasteiger partial charge in [0.25, 0.3) is 0 Å². The summed E-state index contributed by atoms with van der Waals surface area (Å²) in [4.78, 5) is 5.45. The summed E-state index contributed by atoms with van der Waals surface area (Å²) in [5.74, 6) is 0. The van der Waals surface area contributed by atoms with E-state index >= 15 is 0 Å². The maximum Gasteiger partial charge on any atom is 0.0362 e. The first-order valence-corrected chi connectivity index (χ1v) is 8.17. The Morgan fingerprint density at radius 3 is 2.80 bits per heavy atom. The average Bonchev–Trinajstić information content (AvgIpc) is 2.91. The Kier molecular flexibility index (Phi) is 3.20. The van der Waals surface area contributed by atoms with Gasteiger partial charge in [-0.1, -0.05) is 18.6 Å². The van der Waals surface area contributed by atoms with Gasteiger partial charge in [0.2, 0.25) is 0 Å². The average molecular weight is 271 g/mol. The number of hydrogen-bond acceptors (Lipinski definition) is 3. The zero-order valence-corrected chi connectivity index (χ0v) is 12.2. The van der Waals surface area contributed by atoms with Gasteiger partial charge >= 0.3 is 0 Å². The van der Waals surface area contributed by atoms with Crippen molar-refractivity contribution < 1.29 is 0 Å².